The lowest BCUT2D eigenvalue weighted by Crippen LogP contribution is -2.42. The van der Waals surface area contributed by atoms with E-state index in [1.807, 2.05) is 32.9 Å². The predicted molar refractivity (Wildman–Crippen MR) is 131 cm³/mol. The maximum Gasteiger partial charge on any atom is 0.338 e. The lowest BCUT2D eigenvalue weighted by Gasteiger charge is -2.32. The fourth-order valence-electron chi connectivity index (χ4n) is 4.43. The number of ether oxygens (including phenoxy) is 2. The van der Waals surface area contributed by atoms with Crippen molar-refractivity contribution in [2.45, 2.75) is 57.6 Å². The van der Waals surface area contributed by atoms with Crippen molar-refractivity contribution < 1.29 is 27.1 Å². The first-order chi connectivity index (χ1) is 16.6. The molecule has 186 valence electrons. The maximum atomic E-state index is 13.4. The zero-order valence-electron chi connectivity index (χ0n) is 20.3. The van der Waals surface area contributed by atoms with E-state index in [1.165, 1.54) is 35.7 Å². The van der Waals surface area contributed by atoms with Gasteiger partial charge in [-0.15, -0.1) is 0 Å². The van der Waals surface area contributed by atoms with Crippen LogP contribution >= 0.6 is 0 Å². The number of rotatable bonds is 6. The Hall–Kier alpha value is -3.17. The Labute approximate surface area is 204 Å². The summed E-state index contributed by atoms with van der Waals surface area (Å²) in [6.45, 7) is 5.91. The van der Waals surface area contributed by atoms with Gasteiger partial charge in [-0.1, -0.05) is 18.6 Å². The quantitative estimate of drug-likeness (QED) is 0.367. The first-order valence-electron chi connectivity index (χ1n) is 11.5. The van der Waals surface area contributed by atoms with Crippen molar-refractivity contribution >= 4 is 27.0 Å². The number of nitrogens with zero attached hydrogens (tertiary/aromatic N) is 1. The van der Waals surface area contributed by atoms with Crippen molar-refractivity contribution in [3.05, 3.63) is 69.1 Å². The van der Waals surface area contributed by atoms with Crippen LogP contribution in [0.15, 0.2) is 50.5 Å². The molecule has 4 rings (SSSR count). The molecular weight excluding hydrogens is 470 g/mol. The third-order valence-electron chi connectivity index (χ3n) is 6.60. The summed E-state index contributed by atoms with van der Waals surface area (Å²) in [5.41, 5.74) is 2.32. The highest BCUT2D eigenvalue weighted by Crippen LogP contribution is 2.32. The highest BCUT2D eigenvalue weighted by atomic mass is 32.2. The van der Waals surface area contributed by atoms with Gasteiger partial charge in [0.05, 0.1) is 12.7 Å². The number of hydrogen-bond donors (Lipinski definition) is 0. The molecule has 0 spiro atoms. The summed E-state index contributed by atoms with van der Waals surface area (Å²) in [5, 5.41) is 0.678. The molecule has 1 saturated heterocycles. The minimum atomic E-state index is -3.87. The van der Waals surface area contributed by atoms with Gasteiger partial charge in [-0.25, -0.2) is 18.0 Å². The number of sulfonamides is 1. The fourth-order valence-corrected chi connectivity index (χ4v) is 6.31. The van der Waals surface area contributed by atoms with Crippen molar-refractivity contribution in [3.8, 4) is 5.75 Å². The van der Waals surface area contributed by atoms with Gasteiger partial charge >= 0.3 is 11.6 Å². The molecule has 1 aliphatic rings. The normalized spacial score (nSPS) is 16.9. The Bertz CT molecular complexity index is 1440. The van der Waals surface area contributed by atoms with Gasteiger partial charge in [0.25, 0.3) is 0 Å². The molecule has 2 aromatic carbocycles. The van der Waals surface area contributed by atoms with Crippen LogP contribution in [0.1, 0.15) is 53.2 Å². The summed E-state index contributed by atoms with van der Waals surface area (Å²) in [6.07, 6.45) is 2.54. The van der Waals surface area contributed by atoms with Crippen molar-refractivity contribution in [1.29, 1.82) is 0 Å². The molecule has 1 fully saturated rings. The van der Waals surface area contributed by atoms with Crippen molar-refractivity contribution in [2.75, 3.05) is 13.7 Å². The summed E-state index contributed by atoms with van der Waals surface area (Å²) < 4.78 is 44.5. The molecule has 1 atom stereocenters. The Morgan fingerprint density at radius 2 is 1.91 bits per heavy atom. The summed E-state index contributed by atoms with van der Waals surface area (Å²) in [6, 6.07) is 9.10. The number of aryl methyl sites for hydroxylation is 2. The maximum absolute atomic E-state index is 13.4. The van der Waals surface area contributed by atoms with Crippen LogP contribution < -0.4 is 10.4 Å². The van der Waals surface area contributed by atoms with Gasteiger partial charge in [-0.05, 0) is 62.9 Å². The van der Waals surface area contributed by atoms with Crippen LogP contribution in [0.3, 0.4) is 0 Å². The Balaban J connectivity index is 1.63. The van der Waals surface area contributed by atoms with E-state index in [-0.39, 0.29) is 28.9 Å². The minimum Gasteiger partial charge on any atom is -0.495 e. The lowest BCUT2D eigenvalue weighted by atomic mass is 10.0. The first kappa shape index (κ1) is 24.9. The molecule has 3 aromatic rings. The Kier molecular flexibility index (Phi) is 7.00. The molecular formula is C26H29NO7S. The van der Waals surface area contributed by atoms with Gasteiger partial charge < -0.3 is 13.9 Å². The number of carbonyl (C=O) groups is 1. The van der Waals surface area contributed by atoms with Gasteiger partial charge in [0.15, 0.2) is 0 Å². The molecule has 0 saturated carbocycles. The molecule has 0 amide bonds. The molecule has 1 aliphatic heterocycles. The fraction of sp³-hybridized carbons (Fsp3) is 0.385. The summed E-state index contributed by atoms with van der Waals surface area (Å²) in [5.74, 6) is -0.544. The van der Waals surface area contributed by atoms with Crippen molar-refractivity contribution in [3.63, 3.8) is 0 Å². The van der Waals surface area contributed by atoms with Gasteiger partial charge in [-0.2, -0.15) is 4.31 Å². The van der Waals surface area contributed by atoms with E-state index in [2.05, 4.69) is 0 Å². The molecule has 8 nitrogen and oxygen atoms in total. The SMILES string of the molecule is COc1ccc(C(=O)OCc2cc(=O)oc3c(C)c(C)ccc23)cc1S(=O)(=O)N1CCCCC1C. The summed E-state index contributed by atoms with van der Waals surface area (Å²) in [7, 11) is -2.48. The molecule has 0 radical (unpaired) electrons. The number of benzene rings is 2. The zero-order valence-corrected chi connectivity index (χ0v) is 21.1. The second-order valence-electron chi connectivity index (χ2n) is 8.88. The number of hydrogen-bond acceptors (Lipinski definition) is 7. The van der Waals surface area contributed by atoms with Crippen LogP contribution in [0.4, 0.5) is 0 Å². The average molecular weight is 500 g/mol. The van der Waals surface area contributed by atoms with E-state index in [4.69, 9.17) is 13.9 Å². The standard InChI is InChI=1S/C26H29NO7S/c1-16-8-10-21-20(14-24(28)34-25(21)18(16)3)15-33-26(29)19-9-11-22(32-4)23(13-19)35(30,31)27-12-6-5-7-17(27)2/h8-11,13-14,17H,5-7,12,15H2,1-4H3. The number of fused-ring (bicyclic) bond motifs is 1. The second-order valence-corrected chi connectivity index (χ2v) is 10.7. The van der Waals surface area contributed by atoms with Gasteiger partial charge in [0.2, 0.25) is 10.0 Å². The van der Waals surface area contributed by atoms with Crippen LogP contribution in [0.25, 0.3) is 11.0 Å². The monoisotopic (exact) mass is 499 g/mol. The summed E-state index contributed by atoms with van der Waals surface area (Å²) in [4.78, 5) is 24.9. The van der Waals surface area contributed by atoms with Crippen LogP contribution in [-0.4, -0.2) is 38.4 Å². The van der Waals surface area contributed by atoms with E-state index in [0.717, 1.165) is 30.4 Å². The van der Waals surface area contributed by atoms with E-state index in [1.54, 1.807) is 0 Å². The van der Waals surface area contributed by atoms with E-state index < -0.39 is 21.6 Å². The zero-order chi connectivity index (χ0) is 25.3. The molecule has 0 aliphatic carbocycles. The van der Waals surface area contributed by atoms with Crippen molar-refractivity contribution in [1.82, 2.24) is 4.31 Å². The molecule has 0 N–H and O–H groups in total. The number of methoxy groups -OCH3 is 1. The second kappa shape index (κ2) is 9.83. The minimum absolute atomic E-state index is 0.0693. The molecule has 35 heavy (non-hydrogen) atoms. The van der Waals surface area contributed by atoms with Gasteiger partial charge in [0.1, 0.15) is 22.8 Å². The molecule has 2 heterocycles. The Morgan fingerprint density at radius 3 is 2.63 bits per heavy atom. The van der Waals surface area contributed by atoms with E-state index in [0.29, 0.717) is 23.1 Å². The highest BCUT2D eigenvalue weighted by molar-refractivity contribution is 7.89. The average Bonchev–Trinajstić information content (AvgIpc) is 2.84. The largest absolute Gasteiger partial charge is 0.495 e. The smallest absolute Gasteiger partial charge is 0.338 e. The summed E-state index contributed by atoms with van der Waals surface area (Å²) >= 11 is 0. The molecule has 9 heteroatoms. The van der Waals surface area contributed by atoms with Crippen molar-refractivity contribution in [2.24, 2.45) is 0 Å². The van der Waals surface area contributed by atoms with E-state index in [9.17, 15) is 18.0 Å². The molecule has 1 unspecified atom stereocenters. The topological polar surface area (TPSA) is 103 Å². The predicted octanol–water partition coefficient (Wildman–Crippen LogP) is 4.34. The lowest BCUT2D eigenvalue weighted by molar-refractivity contribution is 0.0473. The number of esters is 1. The highest BCUT2D eigenvalue weighted by Gasteiger charge is 2.33. The van der Waals surface area contributed by atoms with Gasteiger partial charge in [0, 0.05) is 29.6 Å². The van der Waals surface area contributed by atoms with Crippen LogP contribution in [0.2, 0.25) is 0 Å². The number of piperidine rings is 1. The molecule has 0 bridgehead atoms. The third-order valence-corrected chi connectivity index (χ3v) is 8.64. The Morgan fingerprint density at radius 1 is 1.14 bits per heavy atom. The van der Waals surface area contributed by atoms with Crippen LogP contribution in [-0.2, 0) is 21.4 Å². The third kappa shape index (κ3) is 4.83. The van der Waals surface area contributed by atoms with Crippen LogP contribution in [0.5, 0.6) is 5.75 Å². The van der Waals surface area contributed by atoms with Crippen LogP contribution in [0, 0.1) is 13.8 Å². The van der Waals surface area contributed by atoms with Gasteiger partial charge in [-0.3, -0.25) is 0 Å². The first-order valence-corrected chi connectivity index (χ1v) is 13.0. The van der Waals surface area contributed by atoms with E-state index >= 15 is 0 Å². The molecule has 1 aromatic heterocycles. The number of carbonyl (C=O) groups excluding carboxylic acids is 1.